The number of nitrogens with one attached hydrogen (secondary N) is 1. The maximum Gasteiger partial charge on any atom is 0.229 e. The maximum atomic E-state index is 13.1. The molecular weight excluding hydrogens is 601 g/mol. The highest BCUT2D eigenvalue weighted by atomic mass is 35.5. The minimum absolute atomic E-state index is 0. The number of benzene rings is 3. The molecule has 2 aliphatic heterocycles. The maximum absolute atomic E-state index is 13.1. The molecule has 6 nitrogen and oxygen atoms in total. The number of ketones is 1. The smallest absolute Gasteiger partial charge is 0.229 e. The number of halogens is 2. The van der Waals surface area contributed by atoms with Crippen molar-refractivity contribution in [3.63, 3.8) is 0 Å². The lowest BCUT2D eigenvalue weighted by atomic mass is 9.90. The summed E-state index contributed by atoms with van der Waals surface area (Å²) in [7, 11) is -3.27. The zero-order valence-electron chi connectivity index (χ0n) is 25.0. The Morgan fingerprint density at radius 3 is 2.16 bits per heavy atom. The molecule has 0 amide bonds. The molecule has 0 aromatic heterocycles. The molecule has 1 fully saturated rings. The number of hydrogen-bond donors (Lipinski definition) is 1. The van der Waals surface area contributed by atoms with Gasteiger partial charge in [0, 0.05) is 43.9 Å². The molecule has 2 aliphatic rings. The number of piperidine rings is 1. The monoisotopic (exact) mass is 645 g/mol. The fourth-order valence-corrected chi connectivity index (χ4v) is 6.83. The number of Topliss-reactive ketones (excluding diaryl/α,β-unsaturated/α-hetero) is 1. The molecule has 0 spiro atoms. The lowest BCUT2D eigenvalue weighted by molar-refractivity contribution is 0.0974. The molecule has 0 unspecified atom stereocenters. The number of rotatable bonds is 11. The van der Waals surface area contributed by atoms with Crippen molar-refractivity contribution >= 4 is 46.3 Å². The molecule has 3 aromatic carbocycles. The summed E-state index contributed by atoms with van der Waals surface area (Å²) in [5, 5.41) is 0. The second-order valence-corrected chi connectivity index (χ2v) is 13.6. The van der Waals surface area contributed by atoms with Gasteiger partial charge in [0.05, 0.1) is 6.26 Å². The zero-order valence-corrected chi connectivity index (χ0v) is 27.5. The van der Waals surface area contributed by atoms with Crippen molar-refractivity contribution < 1.29 is 13.2 Å². The summed E-state index contributed by atoms with van der Waals surface area (Å²) in [6.45, 7) is 5.97. The summed E-state index contributed by atoms with van der Waals surface area (Å²) >= 11 is 0. The average molecular weight is 647 g/mol. The Hall–Kier alpha value is -2.42. The molecule has 1 saturated heterocycles. The lowest BCUT2D eigenvalue weighted by Crippen LogP contribution is -2.33. The Kier molecular flexibility index (Phi) is 13.5. The van der Waals surface area contributed by atoms with Gasteiger partial charge in [0.25, 0.3) is 0 Å². The van der Waals surface area contributed by atoms with Crippen molar-refractivity contribution in [3.05, 3.63) is 101 Å². The Bertz CT molecular complexity index is 1430. The van der Waals surface area contributed by atoms with Crippen LogP contribution in [0, 0.1) is 5.92 Å². The molecule has 0 atom stereocenters. The first-order valence-electron chi connectivity index (χ1n) is 15.0. The van der Waals surface area contributed by atoms with Crippen molar-refractivity contribution in [2.75, 3.05) is 37.2 Å². The van der Waals surface area contributed by atoms with Gasteiger partial charge in [0.1, 0.15) is 0 Å². The van der Waals surface area contributed by atoms with Crippen LogP contribution in [0.3, 0.4) is 0 Å². The van der Waals surface area contributed by atoms with Gasteiger partial charge < -0.3 is 0 Å². The average Bonchev–Trinajstić information content (AvgIpc) is 3.15. The number of fused-ring (bicyclic) bond motifs is 1. The number of sulfonamides is 1. The Morgan fingerprint density at radius 1 is 0.791 bits per heavy atom. The fraction of sp³-hybridized carbons (Fsp3) is 0.441. The van der Waals surface area contributed by atoms with Crippen molar-refractivity contribution in [2.45, 2.75) is 58.0 Å². The third-order valence-corrected chi connectivity index (χ3v) is 9.14. The molecule has 43 heavy (non-hydrogen) atoms. The first-order valence-corrected chi connectivity index (χ1v) is 16.9. The van der Waals surface area contributed by atoms with Gasteiger partial charge in [-0.2, -0.15) is 0 Å². The van der Waals surface area contributed by atoms with Gasteiger partial charge in [-0.1, -0.05) is 54.6 Å². The standard InChI is InChI=1S/C34H43N3O3S.2ClH/c1-41(39,40)35-33-11-5-10-29(23-33)26-36-19-15-27(16-20-36)9-6-12-34(38)32-14-13-30-17-21-37(22-18-31(30)24-32)25-28-7-3-2-4-8-28;;/h2-5,7-8,10-11,13-14,23-24,27,35H,6,9,12,15-22,25-26H2,1H3;2*1H. The molecular formula is C34H45Cl2N3O3S. The second-order valence-electron chi connectivity index (χ2n) is 11.9. The van der Waals surface area contributed by atoms with Gasteiger partial charge in [0.15, 0.2) is 5.78 Å². The molecule has 2 heterocycles. The van der Waals surface area contributed by atoms with Crippen molar-refractivity contribution in [2.24, 2.45) is 5.92 Å². The number of likely N-dealkylation sites (tertiary alicyclic amines) is 1. The van der Waals surface area contributed by atoms with Crippen LogP contribution >= 0.6 is 24.8 Å². The summed E-state index contributed by atoms with van der Waals surface area (Å²) in [6, 6.07) is 24.7. The Balaban J connectivity index is 0.00000253. The van der Waals surface area contributed by atoms with Crippen LogP contribution in [0.1, 0.15) is 64.7 Å². The van der Waals surface area contributed by atoms with Gasteiger partial charge in [-0.3, -0.25) is 19.3 Å². The summed E-state index contributed by atoms with van der Waals surface area (Å²) < 4.78 is 25.6. The summed E-state index contributed by atoms with van der Waals surface area (Å²) in [4.78, 5) is 18.0. The van der Waals surface area contributed by atoms with Crippen LogP contribution in [0.5, 0.6) is 0 Å². The van der Waals surface area contributed by atoms with E-state index in [1.54, 1.807) is 6.07 Å². The van der Waals surface area contributed by atoms with E-state index in [0.29, 0.717) is 18.0 Å². The highest BCUT2D eigenvalue weighted by Crippen LogP contribution is 2.26. The van der Waals surface area contributed by atoms with Crippen molar-refractivity contribution in [1.82, 2.24) is 9.80 Å². The molecule has 5 rings (SSSR count). The highest BCUT2D eigenvalue weighted by Gasteiger charge is 2.20. The Morgan fingerprint density at radius 2 is 1.44 bits per heavy atom. The molecule has 234 valence electrons. The SMILES string of the molecule is CS(=O)(=O)Nc1cccc(CN2CCC(CCCC(=O)c3ccc4c(c3)CCN(Cc3ccccc3)CC4)CC2)c1.Cl.Cl. The van der Waals surface area contributed by atoms with Crippen LogP contribution in [0.2, 0.25) is 0 Å². The predicted octanol–water partition coefficient (Wildman–Crippen LogP) is 6.77. The van der Waals surface area contributed by atoms with Gasteiger partial charge in [-0.15, -0.1) is 24.8 Å². The van der Waals surface area contributed by atoms with Crippen LogP contribution < -0.4 is 4.72 Å². The fourth-order valence-electron chi connectivity index (χ4n) is 6.28. The topological polar surface area (TPSA) is 69.7 Å². The van der Waals surface area contributed by atoms with E-state index in [-0.39, 0.29) is 30.6 Å². The summed E-state index contributed by atoms with van der Waals surface area (Å²) in [6.07, 6.45) is 8.18. The van der Waals surface area contributed by atoms with Crippen LogP contribution in [-0.2, 0) is 36.0 Å². The van der Waals surface area contributed by atoms with E-state index in [0.717, 1.165) is 88.9 Å². The first-order chi connectivity index (χ1) is 19.8. The normalized spacial score (nSPS) is 16.3. The minimum Gasteiger partial charge on any atom is -0.299 e. The zero-order chi connectivity index (χ0) is 28.7. The summed E-state index contributed by atoms with van der Waals surface area (Å²) in [5.41, 5.74) is 6.70. The van der Waals surface area contributed by atoms with Crippen LogP contribution in [0.4, 0.5) is 5.69 Å². The van der Waals surface area contributed by atoms with Crippen molar-refractivity contribution in [3.8, 4) is 0 Å². The number of carbonyl (C=O) groups excluding carboxylic acids is 1. The summed E-state index contributed by atoms with van der Waals surface area (Å²) in [5.74, 6) is 0.943. The van der Waals surface area contributed by atoms with E-state index < -0.39 is 10.0 Å². The number of carbonyl (C=O) groups is 1. The highest BCUT2D eigenvalue weighted by molar-refractivity contribution is 7.92. The van der Waals surface area contributed by atoms with Gasteiger partial charge in [0.2, 0.25) is 10.0 Å². The molecule has 9 heteroatoms. The number of anilines is 1. The lowest BCUT2D eigenvalue weighted by Gasteiger charge is -2.32. The van der Waals surface area contributed by atoms with Gasteiger partial charge in [-0.05, 0) is 98.0 Å². The van der Waals surface area contributed by atoms with Crippen LogP contribution in [0.25, 0.3) is 0 Å². The van der Waals surface area contributed by atoms with E-state index in [4.69, 9.17) is 0 Å². The molecule has 0 aliphatic carbocycles. The third kappa shape index (κ3) is 10.9. The Labute approximate surface area is 270 Å². The minimum atomic E-state index is -3.27. The molecule has 1 N–H and O–H groups in total. The van der Waals surface area contributed by atoms with Crippen LogP contribution in [0.15, 0.2) is 72.8 Å². The first kappa shape index (κ1) is 35.1. The second kappa shape index (κ2) is 16.6. The van der Waals surface area contributed by atoms with E-state index >= 15 is 0 Å². The molecule has 0 radical (unpaired) electrons. The van der Waals surface area contributed by atoms with Gasteiger partial charge in [-0.25, -0.2) is 8.42 Å². The van der Waals surface area contributed by atoms with Crippen molar-refractivity contribution in [1.29, 1.82) is 0 Å². The molecule has 3 aromatic rings. The van der Waals surface area contributed by atoms with Crippen LogP contribution in [-0.4, -0.2) is 56.4 Å². The number of nitrogens with zero attached hydrogens (tertiary/aromatic N) is 2. The number of hydrogen-bond acceptors (Lipinski definition) is 5. The third-order valence-electron chi connectivity index (χ3n) is 8.53. The van der Waals surface area contributed by atoms with E-state index in [9.17, 15) is 13.2 Å². The van der Waals surface area contributed by atoms with Gasteiger partial charge >= 0.3 is 0 Å². The van der Waals surface area contributed by atoms with E-state index in [2.05, 4.69) is 57.0 Å². The predicted molar refractivity (Wildman–Crippen MR) is 181 cm³/mol. The molecule has 0 saturated carbocycles. The largest absolute Gasteiger partial charge is 0.299 e. The van der Waals surface area contributed by atoms with E-state index in [1.807, 2.05) is 24.3 Å². The quantitative estimate of drug-likeness (QED) is 0.233. The van der Waals surface area contributed by atoms with E-state index in [1.165, 1.54) is 22.9 Å². The molecule has 0 bridgehead atoms.